The molecule has 0 aromatic heterocycles. The van der Waals surface area contributed by atoms with Crippen molar-refractivity contribution >= 4 is 11.6 Å². The summed E-state index contributed by atoms with van der Waals surface area (Å²) in [5, 5.41) is 13.9. The van der Waals surface area contributed by atoms with Crippen LogP contribution in [0.4, 0.5) is 0 Å². The van der Waals surface area contributed by atoms with Gasteiger partial charge in [-0.2, -0.15) is 0 Å². The summed E-state index contributed by atoms with van der Waals surface area (Å²) >= 11 is 6.13. The Labute approximate surface area is 115 Å². The van der Waals surface area contributed by atoms with Crippen molar-refractivity contribution in [1.82, 2.24) is 10.2 Å². The summed E-state index contributed by atoms with van der Waals surface area (Å²) in [6, 6.07) is 7.92. The van der Waals surface area contributed by atoms with Crippen molar-refractivity contribution in [3.8, 4) is 0 Å². The molecule has 3 nitrogen and oxygen atoms in total. The first-order valence-corrected chi connectivity index (χ1v) is 6.76. The number of aliphatic hydroxyl groups is 1. The first kappa shape index (κ1) is 15.4. The Morgan fingerprint density at radius 1 is 1.39 bits per heavy atom. The normalized spacial score (nSPS) is 14.8. The Morgan fingerprint density at radius 3 is 2.67 bits per heavy atom. The van der Waals surface area contributed by atoms with E-state index in [1.807, 2.05) is 31.3 Å². The predicted octanol–water partition coefficient (Wildman–Crippen LogP) is 2.30. The van der Waals surface area contributed by atoms with Gasteiger partial charge < -0.3 is 15.3 Å². The minimum atomic E-state index is -0.361. The molecule has 1 aromatic carbocycles. The molecular formula is C14H23ClN2O. The lowest BCUT2D eigenvalue weighted by atomic mass is 10.1. The Hall–Kier alpha value is -0.610. The van der Waals surface area contributed by atoms with Crippen LogP contribution in [0, 0.1) is 0 Å². The minimum Gasteiger partial charge on any atom is -0.390 e. The molecule has 1 unspecified atom stereocenters. The average molecular weight is 271 g/mol. The Balaban J connectivity index is 2.42. The Kier molecular flexibility index (Phi) is 6.65. The Morgan fingerprint density at radius 2 is 2.06 bits per heavy atom. The van der Waals surface area contributed by atoms with Crippen LogP contribution < -0.4 is 5.32 Å². The van der Waals surface area contributed by atoms with E-state index in [4.69, 9.17) is 11.6 Å². The van der Waals surface area contributed by atoms with Crippen LogP contribution in [-0.2, 0) is 0 Å². The summed E-state index contributed by atoms with van der Waals surface area (Å²) in [5.41, 5.74) is 1.07. The number of hydrogen-bond donors (Lipinski definition) is 2. The highest BCUT2D eigenvalue weighted by Gasteiger charge is 2.11. The van der Waals surface area contributed by atoms with Gasteiger partial charge in [0.1, 0.15) is 0 Å². The van der Waals surface area contributed by atoms with Crippen LogP contribution >= 0.6 is 11.6 Å². The molecule has 0 aliphatic rings. The number of hydrogen-bond acceptors (Lipinski definition) is 3. The minimum absolute atomic E-state index is 0.139. The molecule has 0 spiro atoms. The molecule has 0 saturated heterocycles. The molecule has 2 atom stereocenters. The monoisotopic (exact) mass is 270 g/mol. The summed E-state index contributed by atoms with van der Waals surface area (Å²) in [6.07, 6.45) is -0.361. The van der Waals surface area contributed by atoms with E-state index in [1.54, 1.807) is 0 Å². The van der Waals surface area contributed by atoms with Crippen molar-refractivity contribution in [2.45, 2.75) is 26.0 Å². The lowest BCUT2D eigenvalue weighted by Gasteiger charge is -2.22. The summed E-state index contributed by atoms with van der Waals surface area (Å²) in [5.74, 6) is 0. The average Bonchev–Trinajstić information content (AvgIpc) is 2.36. The number of halogens is 1. The standard InChI is InChI=1S/C14H23ClN2O/c1-4-17(3)10-12(18)9-16-11(2)13-7-5-6-8-14(13)15/h5-8,11-12,16,18H,4,9-10H2,1-3H3/t11-,12?/m1/s1. The smallest absolute Gasteiger partial charge is 0.0791 e. The molecular weight excluding hydrogens is 248 g/mol. The van der Waals surface area contributed by atoms with Gasteiger partial charge in [-0.05, 0) is 32.1 Å². The highest BCUT2D eigenvalue weighted by molar-refractivity contribution is 6.31. The van der Waals surface area contributed by atoms with E-state index < -0.39 is 0 Å². The maximum Gasteiger partial charge on any atom is 0.0791 e. The van der Waals surface area contributed by atoms with Crippen molar-refractivity contribution in [1.29, 1.82) is 0 Å². The van der Waals surface area contributed by atoms with Crippen LogP contribution in [0.25, 0.3) is 0 Å². The van der Waals surface area contributed by atoms with Crippen LogP contribution in [-0.4, -0.2) is 42.8 Å². The molecule has 0 heterocycles. The fourth-order valence-corrected chi connectivity index (χ4v) is 2.10. The van der Waals surface area contributed by atoms with E-state index in [0.717, 1.165) is 17.1 Å². The summed E-state index contributed by atoms with van der Waals surface area (Å²) < 4.78 is 0. The number of rotatable bonds is 7. The van der Waals surface area contributed by atoms with Gasteiger partial charge in [-0.15, -0.1) is 0 Å². The molecule has 0 aliphatic carbocycles. The first-order chi connectivity index (χ1) is 8.54. The van der Waals surface area contributed by atoms with E-state index in [0.29, 0.717) is 13.1 Å². The second kappa shape index (κ2) is 7.74. The van der Waals surface area contributed by atoms with Gasteiger partial charge in [0.05, 0.1) is 6.10 Å². The van der Waals surface area contributed by atoms with Crippen LogP contribution in [0.5, 0.6) is 0 Å². The van der Waals surface area contributed by atoms with E-state index in [1.165, 1.54) is 0 Å². The SMILES string of the molecule is CCN(C)CC(O)CN[C@H](C)c1ccccc1Cl. The molecule has 0 radical (unpaired) electrons. The third kappa shape index (κ3) is 4.94. The zero-order chi connectivity index (χ0) is 13.5. The van der Waals surface area contributed by atoms with Crippen molar-refractivity contribution in [3.05, 3.63) is 34.9 Å². The molecule has 18 heavy (non-hydrogen) atoms. The molecule has 1 rings (SSSR count). The van der Waals surface area contributed by atoms with Crippen molar-refractivity contribution in [3.63, 3.8) is 0 Å². The molecule has 0 saturated carbocycles. The fourth-order valence-electron chi connectivity index (χ4n) is 1.80. The van der Waals surface area contributed by atoms with Crippen LogP contribution in [0.1, 0.15) is 25.5 Å². The van der Waals surface area contributed by atoms with Gasteiger partial charge in [0.15, 0.2) is 0 Å². The maximum absolute atomic E-state index is 9.88. The molecule has 102 valence electrons. The van der Waals surface area contributed by atoms with E-state index in [9.17, 15) is 5.11 Å². The lowest BCUT2D eigenvalue weighted by molar-refractivity contribution is 0.124. The maximum atomic E-state index is 9.88. The highest BCUT2D eigenvalue weighted by Crippen LogP contribution is 2.21. The van der Waals surface area contributed by atoms with Gasteiger partial charge in [-0.3, -0.25) is 0 Å². The number of nitrogens with one attached hydrogen (secondary N) is 1. The van der Waals surface area contributed by atoms with E-state index in [2.05, 4.69) is 24.1 Å². The predicted molar refractivity (Wildman–Crippen MR) is 77.0 cm³/mol. The third-order valence-electron chi connectivity index (χ3n) is 3.09. The van der Waals surface area contributed by atoms with Crippen LogP contribution in [0.2, 0.25) is 5.02 Å². The zero-order valence-corrected chi connectivity index (χ0v) is 12.1. The summed E-state index contributed by atoms with van der Waals surface area (Å²) in [6.45, 7) is 6.32. The summed E-state index contributed by atoms with van der Waals surface area (Å²) in [7, 11) is 2.00. The zero-order valence-electron chi connectivity index (χ0n) is 11.4. The van der Waals surface area contributed by atoms with Gasteiger partial charge in [0.2, 0.25) is 0 Å². The van der Waals surface area contributed by atoms with Crippen LogP contribution in [0.3, 0.4) is 0 Å². The van der Waals surface area contributed by atoms with E-state index >= 15 is 0 Å². The number of aliphatic hydroxyl groups excluding tert-OH is 1. The van der Waals surface area contributed by atoms with Crippen molar-refractivity contribution in [2.24, 2.45) is 0 Å². The fraction of sp³-hybridized carbons (Fsp3) is 0.571. The quantitative estimate of drug-likeness (QED) is 0.798. The summed E-state index contributed by atoms with van der Waals surface area (Å²) in [4.78, 5) is 2.09. The second-order valence-electron chi connectivity index (χ2n) is 4.66. The van der Waals surface area contributed by atoms with E-state index in [-0.39, 0.29) is 12.1 Å². The third-order valence-corrected chi connectivity index (χ3v) is 3.44. The largest absolute Gasteiger partial charge is 0.390 e. The van der Waals surface area contributed by atoms with Gasteiger partial charge in [0.25, 0.3) is 0 Å². The van der Waals surface area contributed by atoms with Gasteiger partial charge in [-0.25, -0.2) is 0 Å². The molecule has 4 heteroatoms. The molecule has 0 fully saturated rings. The topological polar surface area (TPSA) is 35.5 Å². The molecule has 1 aromatic rings. The van der Waals surface area contributed by atoms with Crippen molar-refractivity contribution < 1.29 is 5.11 Å². The Bertz CT molecular complexity index is 359. The second-order valence-corrected chi connectivity index (χ2v) is 5.07. The molecule has 0 amide bonds. The molecule has 0 bridgehead atoms. The van der Waals surface area contributed by atoms with Gasteiger partial charge in [-0.1, -0.05) is 36.7 Å². The number of benzene rings is 1. The van der Waals surface area contributed by atoms with Gasteiger partial charge in [0, 0.05) is 24.2 Å². The molecule has 0 aliphatic heterocycles. The first-order valence-electron chi connectivity index (χ1n) is 6.39. The van der Waals surface area contributed by atoms with Crippen molar-refractivity contribution in [2.75, 3.05) is 26.7 Å². The lowest BCUT2D eigenvalue weighted by Crippen LogP contribution is -2.37. The van der Waals surface area contributed by atoms with Gasteiger partial charge >= 0.3 is 0 Å². The number of likely N-dealkylation sites (N-methyl/N-ethyl adjacent to an activating group) is 1. The number of nitrogens with zero attached hydrogens (tertiary/aromatic N) is 1. The van der Waals surface area contributed by atoms with Crippen LogP contribution in [0.15, 0.2) is 24.3 Å². The molecule has 2 N–H and O–H groups in total. The highest BCUT2D eigenvalue weighted by atomic mass is 35.5.